The van der Waals surface area contributed by atoms with Crippen LogP contribution in [-0.4, -0.2) is 39.6 Å². The third-order valence-corrected chi connectivity index (χ3v) is 6.71. The molecule has 5 aromatic rings. The lowest BCUT2D eigenvalue weighted by molar-refractivity contribution is -0.384. The molecule has 40 heavy (non-hydrogen) atoms. The fraction of sp³-hybridized carbons (Fsp3) is 0.188. The molecule has 0 amide bonds. The molecule has 2 N–H and O–H groups in total. The number of nitro benzene ring substituents is 1. The van der Waals surface area contributed by atoms with E-state index in [0.717, 1.165) is 27.7 Å². The van der Waals surface area contributed by atoms with Gasteiger partial charge in [0, 0.05) is 48.1 Å². The van der Waals surface area contributed by atoms with E-state index in [-0.39, 0.29) is 17.3 Å². The summed E-state index contributed by atoms with van der Waals surface area (Å²) in [7, 11) is 0. The highest BCUT2D eigenvalue weighted by atomic mass is 35.5. The van der Waals surface area contributed by atoms with E-state index in [9.17, 15) is 15.2 Å². The molecular weight excluding hydrogens is 526 g/mol. The highest BCUT2D eigenvalue weighted by molar-refractivity contribution is 6.32. The maximum absolute atomic E-state index is 11.3. The van der Waals surface area contributed by atoms with Gasteiger partial charge in [-0.05, 0) is 42.3 Å². The maximum Gasteiger partial charge on any atom is 0.288 e. The van der Waals surface area contributed by atoms with Crippen LogP contribution in [0.3, 0.4) is 0 Å². The number of rotatable bonds is 10. The number of aromatic amines is 1. The Bertz CT molecular complexity index is 1590. The minimum absolute atomic E-state index is 0.0439. The van der Waals surface area contributed by atoms with Gasteiger partial charge in [-0.25, -0.2) is 0 Å². The van der Waals surface area contributed by atoms with Crippen molar-refractivity contribution < 1.29 is 14.8 Å². The first-order chi connectivity index (χ1) is 19.4. The molecule has 8 heteroatoms. The lowest BCUT2D eigenvalue weighted by Crippen LogP contribution is -2.32. The minimum Gasteiger partial charge on any atom is -0.492 e. The highest BCUT2D eigenvalue weighted by Gasteiger charge is 2.19. The first-order valence-corrected chi connectivity index (χ1v) is 13.4. The van der Waals surface area contributed by atoms with Crippen molar-refractivity contribution in [3.8, 4) is 5.75 Å². The number of aliphatic hydroxyl groups is 1. The number of nitrogens with zero attached hydrogens (tertiary/aromatic N) is 2. The number of fused-ring (bicyclic) bond motifs is 3. The van der Waals surface area contributed by atoms with Gasteiger partial charge in [0.2, 0.25) is 0 Å². The first-order valence-electron chi connectivity index (χ1n) is 13.0. The summed E-state index contributed by atoms with van der Waals surface area (Å²) in [4.78, 5) is 16.2. The number of ether oxygens (including phenoxy) is 1. The van der Waals surface area contributed by atoms with E-state index < -0.39 is 11.0 Å². The van der Waals surface area contributed by atoms with E-state index in [2.05, 4.69) is 34.7 Å². The summed E-state index contributed by atoms with van der Waals surface area (Å²) in [5, 5.41) is 24.6. The van der Waals surface area contributed by atoms with Gasteiger partial charge in [-0.15, -0.1) is 6.58 Å². The first kappa shape index (κ1) is 28.8. The molecule has 206 valence electrons. The quantitative estimate of drug-likeness (QED) is 0.104. The number of nitro groups is 1. The number of halogens is 1. The fourth-order valence-electron chi connectivity index (χ4n) is 4.52. The van der Waals surface area contributed by atoms with Crippen LogP contribution in [0, 0.1) is 10.1 Å². The average molecular weight is 558 g/mol. The molecule has 0 aliphatic rings. The minimum atomic E-state index is -0.928. The molecule has 1 aromatic heterocycles. The summed E-state index contributed by atoms with van der Waals surface area (Å²) in [6.07, 6.45) is 0.822. The second kappa shape index (κ2) is 13.8. The summed E-state index contributed by atoms with van der Waals surface area (Å²) < 4.78 is 6.08. The Kier molecular flexibility index (Phi) is 9.91. The van der Waals surface area contributed by atoms with Crippen molar-refractivity contribution in [1.29, 1.82) is 0 Å². The Morgan fingerprint density at radius 3 is 2.48 bits per heavy atom. The number of aromatic nitrogens is 1. The Morgan fingerprint density at radius 2 is 1.73 bits per heavy atom. The van der Waals surface area contributed by atoms with E-state index in [0.29, 0.717) is 25.3 Å². The molecule has 0 saturated carbocycles. The molecule has 0 bridgehead atoms. The van der Waals surface area contributed by atoms with E-state index in [1.807, 2.05) is 61.5 Å². The van der Waals surface area contributed by atoms with Gasteiger partial charge < -0.3 is 14.8 Å². The van der Waals surface area contributed by atoms with Crippen LogP contribution in [0.5, 0.6) is 5.75 Å². The molecule has 1 atom stereocenters. The fourth-order valence-corrected chi connectivity index (χ4v) is 4.71. The molecule has 0 radical (unpaired) electrons. The van der Waals surface area contributed by atoms with Gasteiger partial charge in [-0.2, -0.15) is 0 Å². The Balaban J connectivity index is 0.00000118. The summed E-state index contributed by atoms with van der Waals surface area (Å²) in [6.45, 7) is 7.08. The summed E-state index contributed by atoms with van der Waals surface area (Å²) in [5.74, 6) is 0.757. The smallest absolute Gasteiger partial charge is 0.288 e. The standard InChI is InChI=1S/C29H26ClN3O4.C3H6/c30-25-13-10-21(16-28(25)33(35)36)29(34)19-32(18-20-6-2-1-3-7-20)14-15-37-22-11-12-24-23-8-4-5-9-26(23)31-27(24)17-22;1-3-2/h1-13,16-17,29,31,34H,14-15,18-19H2;3H,1H2,2H3. The van der Waals surface area contributed by atoms with Gasteiger partial charge in [0.05, 0.1) is 16.5 Å². The largest absolute Gasteiger partial charge is 0.492 e. The number of aliphatic hydroxyl groups excluding tert-OH is 1. The van der Waals surface area contributed by atoms with Crippen LogP contribution in [0.1, 0.15) is 24.2 Å². The highest BCUT2D eigenvalue weighted by Crippen LogP contribution is 2.29. The third kappa shape index (κ3) is 7.27. The average Bonchev–Trinajstić information content (AvgIpc) is 3.32. The van der Waals surface area contributed by atoms with Crippen molar-refractivity contribution in [1.82, 2.24) is 9.88 Å². The van der Waals surface area contributed by atoms with Crippen LogP contribution in [0.4, 0.5) is 5.69 Å². The molecule has 1 heterocycles. The number of nitrogens with one attached hydrogen (secondary N) is 1. The number of allylic oxidation sites excluding steroid dienone is 1. The second-order valence-electron chi connectivity index (χ2n) is 9.34. The zero-order valence-corrected chi connectivity index (χ0v) is 23.1. The molecule has 0 spiro atoms. The van der Waals surface area contributed by atoms with Crippen molar-refractivity contribution in [2.75, 3.05) is 19.7 Å². The van der Waals surface area contributed by atoms with Gasteiger partial charge in [0.15, 0.2) is 0 Å². The number of hydrogen-bond donors (Lipinski definition) is 2. The zero-order valence-electron chi connectivity index (χ0n) is 22.3. The van der Waals surface area contributed by atoms with Crippen LogP contribution < -0.4 is 4.74 Å². The molecule has 0 aliphatic heterocycles. The number of H-pyrrole nitrogens is 1. The van der Waals surface area contributed by atoms with Gasteiger partial charge in [0.25, 0.3) is 5.69 Å². The van der Waals surface area contributed by atoms with Crippen LogP contribution >= 0.6 is 11.6 Å². The van der Waals surface area contributed by atoms with Crippen LogP contribution in [0.25, 0.3) is 21.8 Å². The lowest BCUT2D eigenvalue weighted by atomic mass is 10.1. The van der Waals surface area contributed by atoms with E-state index in [1.54, 1.807) is 12.1 Å². The maximum atomic E-state index is 11.3. The molecule has 0 saturated heterocycles. The number of hydrogen-bond acceptors (Lipinski definition) is 5. The van der Waals surface area contributed by atoms with Crippen LogP contribution in [0.2, 0.25) is 5.02 Å². The predicted molar refractivity (Wildman–Crippen MR) is 162 cm³/mol. The molecule has 5 rings (SSSR count). The van der Waals surface area contributed by atoms with Crippen LogP contribution in [-0.2, 0) is 6.54 Å². The molecule has 0 fully saturated rings. The molecule has 1 unspecified atom stereocenters. The van der Waals surface area contributed by atoms with Crippen molar-refractivity contribution in [2.45, 2.75) is 19.6 Å². The lowest BCUT2D eigenvalue weighted by Gasteiger charge is -2.25. The summed E-state index contributed by atoms with van der Waals surface area (Å²) >= 11 is 5.94. The summed E-state index contributed by atoms with van der Waals surface area (Å²) in [6, 6.07) is 28.5. The molecular formula is C32H32ClN3O4. The van der Waals surface area contributed by atoms with E-state index >= 15 is 0 Å². The topological polar surface area (TPSA) is 91.6 Å². The molecule has 0 aliphatic carbocycles. The third-order valence-electron chi connectivity index (χ3n) is 6.39. The Hall–Kier alpha value is -4.17. The van der Waals surface area contributed by atoms with Gasteiger partial charge in [-0.3, -0.25) is 15.0 Å². The Morgan fingerprint density at radius 1 is 1.02 bits per heavy atom. The van der Waals surface area contributed by atoms with Gasteiger partial charge in [0.1, 0.15) is 17.4 Å². The van der Waals surface area contributed by atoms with Gasteiger partial charge >= 0.3 is 0 Å². The molecule has 7 nitrogen and oxygen atoms in total. The van der Waals surface area contributed by atoms with E-state index in [1.165, 1.54) is 17.5 Å². The zero-order chi connectivity index (χ0) is 28.5. The second-order valence-corrected chi connectivity index (χ2v) is 9.75. The van der Waals surface area contributed by atoms with Crippen molar-refractivity contribution in [2.24, 2.45) is 0 Å². The van der Waals surface area contributed by atoms with Crippen molar-refractivity contribution >= 4 is 39.1 Å². The van der Waals surface area contributed by atoms with Crippen molar-refractivity contribution in [3.63, 3.8) is 0 Å². The normalized spacial score (nSPS) is 11.7. The molecule has 4 aromatic carbocycles. The number of para-hydroxylation sites is 1. The predicted octanol–water partition coefficient (Wildman–Crippen LogP) is 7.69. The number of benzene rings is 4. The SMILES string of the molecule is C=CC.O=[N+]([O-])c1cc(C(O)CN(CCOc2ccc3c(c2)[nH]c2ccccc23)Cc2ccccc2)ccc1Cl. The monoisotopic (exact) mass is 557 g/mol. The van der Waals surface area contributed by atoms with Crippen molar-refractivity contribution in [3.05, 3.63) is 130 Å². The van der Waals surface area contributed by atoms with Crippen LogP contribution in [0.15, 0.2) is 104 Å². The Labute approximate surface area is 238 Å². The van der Waals surface area contributed by atoms with Gasteiger partial charge in [-0.1, -0.05) is 72.3 Å². The van der Waals surface area contributed by atoms with E-state index in [4.69, 9.17) is 16.3 Å². The summed E-state index contributed by atoms with van der Waals surface area (Å²) in [5.41, 5.74) is 3.42.